The number of unbranched alkanes of at least 4 members (excludes halogenated alkanes) is 2. The Bertz CT molecular complexity index is 397. The fourth-order valence-electron chi connectivity index (χ4n) is 3.72. The van der Waals surface area contributed by atoms with Gasteiger partial charge < -0.3 is 21.3 Å². The van der Waals surface area contributed by atoms with Crippen LogP contribution in [0.25, 0.3) is 0 Å². The lowest BCUT2D eigenvalue weighted by Gasteiger charge is -2.23. The molecule has 152 valence electrons. The zero-order valence-corrected chi connectivity index (χ0v) is 16.8. The quantitative estimate of drug-likeness (QED) is 0.458. The molecule has 0 aromatic heterocycles. The smallest absolute Gasteiger partial charge is 0.315 e. The van der Waals surface area contributed by atoms with Crippen molar-refractivity contribution in [1.29, 1.82) is 0 Å². The normalized spacial score (nSPS) is 20.7. The summed E-state index contributed by atoms with van der Waals surface area (Å²) in [5.74, 6) is 0.748. The molecule has 7 heteroatoms. The molecule has 1 atom stereocenters. The Hall–Kier alpha value is -1.01. The molecule has 3 amide bonds. The van der Waals surface area contributed by atoms with Gasteiger partial charge in [-0.15, -0.1) is 12.4 Å². The van der Waals surface area contributed by atoms with Gasteiger partial charge in [0.05, 0.1) is 0 Å². The SMILES string of the molecule is Cl.O=C(CCCCCNC(=O)NC1CCCCC1)NCC1CCCNC1. The number of urea groups is 1. The number of piperidine rings is 1. The molecule has 2 fully saturated rings. The van der Waals surface area contributed by atoms with E-state index in [9.17, 15) is 9.59 Å². The van der Waals surface area contributed by atoms with Gasteiger partial charge in [0.1, 0.15) is 0 Å². The van der Waals surface area contributed by atoms with Crippen LogP contribution in [0.5, 0.6) is 0 Å². The second-order valence-electron chi connectivity index (χ2n) is 7.56. The Morgan fingerprint density at radius 3 is 2.46 bits per heavy atom. The molecular weight excluding hydrogens is 352 g/mol. The Morgan fingerprint density at radius 1 is 0.923 bits per heavy atom. The predicted molar refractivity (Wildman–Crippen MR) is 108 cm³/mol. The summed E-state index contributed by atoms with van der Waals surface area (Å²) in [5.41, 5.74) is 0. The maximum atomic E-state index is 11.8. The van der Waals surface area contributed by atoms with Crippen molar-refractivity contribution in [2.75, 3.05) is 26.2 Å². The minimum atomic E-state index is -0.0364. The summed E-state index contributed by atoms with van der Waals surface area (Å²) in [5, 5.41) is 12.4. The molecule has 1 heterocycles. The van der Waals surface area contributed by atoms with Crippen LogP contribution in [0.1, 0.15) is 70.6 Å². The van der Waals surface area contributed by atoms with Crippen LogP contribution in [0.2, 0.25) is 0 Å². The first-order valence-corrected chi connectivity index (χ1v) is 10.3. The summed E-state index contributed by atoms with van der Waals surface area (Å²) in [6.07, 6.45) is 11.8. The van der Waals surface area contributed by atoms with E-state index in [1.165, 1.54) is 32.1 Å². The zero-order chi connectivity index (χ0) is 17.7. The van der Waals surface area contributed by atoms with Crippen LogP contribution in [0, 0.1) is 5.92 Å². The fraction of sp³-hybridized carbons (Fsp3) is 0.895. The van der Waals surface area contributed by atoms with Crippen LogP contribution in [0.15, 0.2) is 0 Å². The molecule has 0 radical (unpaired) electrons. The van der Waals surface area contributed by atoms with Gasteiger partial charge in [-0.2, -0.15) is 0 Å². The number of amides is 3. The minimum Gasteiger partial charge on any atom is -0.356 e. The first-order valence-electron chi connectivity index (χ1n) is 10.3. The molecule has 0 aromatic carbocycles. The number of carbonyl (C=O) groups is 2. The molecule has 1 aliphatic carbocycles. The second-order valence-corrected chi connectivity index (χ2v) is 7.56. The molecule has 0 aromatic rings. The zero-order valence-electron chi connectivity index (χ0n) is 16.0. The van der Waals surface area contributed by atoms with Crippen LogP contribution in [0.3, 0.4) is 0 Å². The lowest BCUT2D eigenvalue weighted by Crippen LogP contribution is -2.43. The highest BCUT2D eigenvalue weighted by molar-refractivity contribution is 5.85. The molecule has 2 rings (SSSR count). The van der Waals surface area contributed by atoms with Crippen molar-refractivity contribution in [3.05, 3.63) is 0 Å². The standard InChI is InChI=1S/C19H36N4O2.ClH/c24-18(22-15-16-8-7-12-20-14-16)11-5-2-6-13-21-19(25)23-17-9-3-1-4-10-17;/h16-17,20H,1-15H2,(H,22,24)(H2,21,23,25);1H. The Morgan fingerprint density at radius 2 is 1.73 bits per heavy atom. The topological polar surface area (TPSA) is 82.3 Å². The molecular formula is C19H37ClN4O2. The third-order valence-electron chi connectivity index (χ3n) is 5.29. The van der Waals surface area contributed by atoms with E-state index in [1.54, 1.807) is 0 Å². The lowest BCUT2D eigenvalue weighted by molar-refractivity contribution is -0.121. The first kappa shape index (κ1) is 23.0. The Balaban J connectivity index is 0.00000338. The molecule has 1 saturated heterocycles. The first-order chi connectivity index (χ1) is 12.2. The van der Waals surface area contributed by atoms with Crippen LogP contribution in [-0.2, 0) is 4.79 Å². The molecule has 0 bridgehead atoms. The second kappa shape index (κ2) is 14.1. The summed E-state index contributed by atoms with van der Waals surface area (Å²) in [7, 11) is 0. The number of rotatable bonds is 9. The van der Waals surface area contributed by atoms with Gasteiger partial charge in [0.15, 0.2) is 0 Å². The van der Waals surface area contributed by atoms with E-state index < -0.39 is 0 Å². The number of nitrogens with one attached hydrogen (secondary N) is 4. The van der Waals surface area contributed by atoms with Gasteiger partial charge in [-0.1, -0.05) is 25.7 Å². The van der Waals surface area contributed by atoms with Crippen molar-refractivity contribution in [3.63, 3.8) is 0 Å². The molecule has 2 aliphatic rings. The van der Waals surface area contributed by atoms with E-state index in [2.05, 4.69) is 21.3 Å². The number of halogens is 1. The minimum absolute atomic E-state index is 0. The summed E-state index contributed by atoms with van der Waals surface area (Å²) >= 11 is 0. The maximum Gasteiger partial charge on any atom is 0.315 e. The number of hydrogen-bond donors (Lipinski definition) is 4. The summed E-state index contributed by atoms with van der Waals surface area (Å²) in [6.45, 7) is 3.62. The van der Waals surface area contributed by atoms with Gasteiger partial charge in [-0.3, -0.25) is 4.79 Å². The van der Waals surface area contributed by atoms with Crippen molar-refractivity contribution < 1.29 is 9.59 Å². The van der Waals surface area contributed by atoms with Crippen LogP contribution < -0.4 is 21.3 Å². The highest BCUT2D eigenvalue weighted by Crippen LogP contribution is 2.17. The van der Waals surface area contributed by atoms with Crippen LogP contribution in [-0.4, -0.2) is 44.2 Å². The van der Waals surface area contributed by atoms with E-state index in [-0.39, 0.29) is 24.3 Å². The van der Waals surface area contributed by atoms with E-state index in [4.69, 9.17) is 0 Å². The molecule has 6 nitrogen and oxygen atoms in total. The monoisotopic (exact) mass is 388 g/mol. The van der Waals surface area contributed by atoms with Gasteiger partial charge >= 0.3 is 6.03 Å². The molecule has 26 heavy (non-hydrogen) atoms. The van der Waals surface area contributed by atoms with Crippen molar-refractivity contribution in [2.24, 2.45) is 5.92 Å². The summed E-state index contributed by atoms with van der Waals surface area (Å²) in [6, 6.07) is 0.322. The average Bonchev–Trinajstić information content (AvgIpc) is 2.64. The van der Waals surface area contributed by atoms with E-state index in [1.807, 2.05) is 0 Å². The van der Waals surface area contributed by atoms with Crippen LogP contribution in [0.4, 0.5) is 4.79 Å². The van der Waals surface area contributed by atoms with E-state index in [0.29, 0.717) is 24.9 Å². The molecule has 1 aliphatic heterocycles. The highest BCUT2D eigenvalue weighted by Gasteiger charge is 2.15. The summed E-state index contributed by atoms with van der Waals surface area (Å²) in [4.78, 5) is 23.6. The molecule has 4 N–H and O–H groups in total. The molecule has 0 spiro atoms. The lowest BCUT2D eigenvalue weighted by atomic mass is 9.96. The fourth-order valence-corrected chi connectivity index (χ4v) is 3.72. The van der Waals surface area contributed by atoms with Gasteiger partial charge in [0.25, 0.3) is 0 Å². The molecule has 1 saturated carbocycles. The molecule has 1 unspecified atom stereocenters. The van der Waals surface area contributed by atoms with Gasteiger partial charge in [0.2, 0.25) is 5.91 Å². The van der Waals surface area contributed by atoms with Gasteiger partial charge in [-0.25, -0.2) is 4.79 Å². The summed E-state index contributed by atoms with van der Waals surface area (Å²) < 4.78 is 0. The van der Waals surface area contributed by atoms with E-state index >= 15 is 0 Å². The van der Waals surface area contributed by atoms with Gasteiger partial charge in [0, 0.05) is 25.6 Å². The third kappa shape index (κ3) is 10.2. The highest BCUT2D eigenvalue weighted by atomic mass is 35.5. The maximum absolute atomic E-state index is 11.8. The van der Waals surface area contributed by atoms with Crippen LogP contribution >= 0.6 is 12.4 Å². The number of carbonyl (C=O) groups excluding carboxylic acids is 2. The van der Waals surface area contributed by atoms with E-state index in [0.717, 1.165) is 51.7 Å². The van der Waals surface area contributed by atoms with Crippen molar-refractivity contribution in [2.45, 2.75) is 76.7 Å². The van der Waals surface area contributed by atoms with Gasteiger partial charge in [-0.05, 0) is 57.5 Å². The Labute approximate surface area is 164 Å². The largest absolute Gasteiger partial charge is 0.356 e. The predicted octanol–water partition coefficient (Wildman–Crippen LogP) is 2.72. The van der Waals surface area contributed by atoms with Crippen molar-refractivity contribution >= 4 is 24.3 Å². The number of hydrogen-bond acceptors (Lipinski definition) is 3. The third-order valence-corrected chi connectivity index (χ3v) is 5.29. The average molecular weight is 389 g/mol. The van der Waals surface area contributed by atoms with Crippen molar-refractivity contribution in [1.82, 2.24) is 21.3 Å². The van der Waals surface area contributed by atoms with Crippen molar-refractivity contribution in [3.8, 4) is 0 Å². The Kier molecular flexibility index (Phi) is 12.5.